The lowest BCUT2D eigenvalue weighted by atomic mass is 10.2. The molecular formula is C22H15NO4S3. The molecule has 1 amide bonds. The number of anilines is 1. The lowest BCUT2D eigenvalue weighted by molar-refractivity contribution is -0.113. The van der Waals surface area contributed by atoms with Gasteiger partial charge in [0.1, 0.15) is 10.6 Å². The third kappa shape index (κ3) is 4.16. The predicted molar refractivity (Wildman–Crippen MR) is 123 cm³/mol. The topological polar surface area (TPSA) is 63.7 Å². The van der Waals surface area contributed by atoms with Crippen LogP contribution in [0.3, 0.4) is 0 Å². The largest absolute Gasteiger partial charge is 0.378 e. The van der Waals surface area contributed by atoms with Gasteiger partial charge in [0, 0.05) is 5.56 Å². The van der Waals surface area contributed by atoms with Crippen LogP contribution in [0.25, 0.3) is 6.08 Å². The maximum atomic E-state index is 12.9. The molecule has 1 aliphatic heterocycles. The van der Waals surface area contributed by atoms with Gasteiger partial charge in [0.25, 0.3) is 5.91 Å². The molecule has 1 fully saturated rings. The number of benzene rings is 3. The monoisotopic (exact) mass is 453 g/mol. The molecule has 4 rings (SSSR count). The van der Waals surface area contributed by atoms with Gasteiger partial charge in [0.15, 0.2) is 4.32 Å². The fourth-order valence-electron chi connectivity index (χ4n) is 2.84. The average Bonchev–Trinajstić information content (AvgIpc) is 3.03. The van der Waals surface area contributed by atoms with Crippen LogP contribution in [0.4, 0.5) is 5.69 Å². The van der Waals surface area contributed by atoms with Crippen molar-refractivity contribution >= 4 is 56.1 Å². The van der Waals surface area contributed by atoms with Crippen molar-refractivity contribution in [3.05, 3.63) is 95.4 Å². The Hall–Kier alpha value is -2.94. The molecule has 0 unspecified atom stereocenters. The van der Waals surface area contributed by atoms with Gasteiger partial charge < -0.3 is 4.18 Å². The first kappa shape index (κ1) is 20.3. The number of hydrogen-bond acceptors (Lipinski definition) is 6. The van der Waals surface area contributed by atoms with Crippen molar-refractivity contribution in [2.75, 3.05) is 4.90 Å². The summed E-state index contributed by atoms with van der Waals surface area (Å²) >= 11 is 6.54. The lowest BCUT2D eigenvalue weighted by Crippen LogP contribution is -2.27. The molecule has 0 atom stereocenters. The Balaban J connectivity index is 1.66. The number of hydrogen-bond donors (Lipinski definition) is 0. The van der Waals surface area contributed by atoms with E-state index in [0.29, 0.717) is 20.5 Å². The van der Waals surface area contributed by atoms with Gasteiger partial charge in [-0.1, -0.05) is 78.6 Å². The number of amides is 1. The van der Waals surface area contributed by atoms with E-state index >= 15 is 0 Å². The van der Waals surface area contributed by atoms with Gasteiger partial charge >= 0.3 is 10.1 Å². The first-order valence-electron chi connectivity index (χ1n) is 8.87. The molecule has 3 aromatic carbocycles. The van der Waals surface area contributed by atoms with Crippen molar-refractivity contribution in [3.8, 4) is 5.75 Å². The summed E-state index contributed by atoms with van der Waals surface area (Å²) < 4.78 is 31.0. The molecule has 30 heavy (non-hydrogen) atoms. The van der Waals surface area contributed by atoms with E-state index in [1.165, 1.54) is 17.0 Å². The highest BCUT2D eigenvalue weighted by Gasteiger charge is 2.33. The van der Waals surface area contributed by atoms with Crippen LogP contribution >= 0.6 is 24.0 Å². The van der Waals surface area contributed by atoms with Crippen molar-refractivity contribution in [2.45, 2.75) is 4.90 Å². The van der Waals surface area contributed by atoms with Crippen LogP contribution in [0.15, 0.2) is 94.7 Å². The molecule has 1 saturated heterocycles. The minimum Gasteiger partial charge on any atom is -0.378 e. The molecule has 0 saturated carbocycles. The van der Waals surface area contributed by atoms with Crippen molar-refractivity contribution in [2.24, 2.45) is 0 Å². The molecule has 0 N–H and O–H groups in total. The quantitative estimate of drug-likeness (QED) is 0.312. The van der Waals surface area contributed by atoms with Crippen molar-refractivity contribution < 1.29 is 17.4 Å². The van der Waals surface area contributed by atoms with E-state index in [1.54, 1.807) is 60.7 Å². The highest BCUT2D eigenvalue weighted by atomic mass is 32.2. The van der Waals surface area contributed by atoms with E-state index in [0.717, 1.165) is 11.8 Å². The fraction of sp³-hybridized carbons (Fsp3) is 0. The zero-order valence-corrected chi connectivity index (χ0v) is 17.9. The first-order chi connectivity index (χ1) is 14.5. The summed E-state index contributed by atoms with van der Waals surface area (Å²) in [6.07, 6.45) is 1.60. The molecule has 150 valence electrons. The molecule has 3 aromatic rings. The number of carbonyl (C=O) groups is 1. The van der Waals surface area contributed by atoms with Crippen LogP contribution in [0.1, 0.15) is 5.56 Å². The SMILES string of the molecule is O=C1/C(=C\c2ccccc2OS(=O)(=O)c2ccccc2)SC(=S)N1c1ccccc1. The molecular weight excluding hydrogens is 438 g/mol. The minimum absolute atomic E-state index is 0.0511. The van der Waals surface area contributed by atoms with Crippen molar-refractivity contribution in [1.82, 2.24) is 0 Å². The minimum atomic E-state index is -4.00. The molecule has 0 bridgehead atoms. The maximum Gasteiger partial charge on any atom is 0.339 e. The molecule has 0 aromatic heterocycles. The molecule has 8 heteroatoms. The number of nitrogens with zero attached hydrogens (tertiary/aromatic N) is 1. The zero-order valence-electron chi connectivity index (χ0n) is 15.5. The van der Waals surface area contributed by atoms with Crippen LogP contribution in [-0.2, 0) is 14.9 Å². The summed E-state index contributed by atoms with van der Waals surface area (Å²) in [7, 11) is -4.00. The van der Waals surface area contributed by atoms with Gasteiger partial charge in [-0.05, 0) is 36.4 Å². The molecule has 1 aliphatic rings. The van der Waals surface area contributed by atoms with Crippen molar-refractivity contribution in [3.63, 3.8) is 0 Å². The van der Waals surface area contributed by atoms with Gasteiger partial charge in [-0.2, -0.15) is 8.42 Å². The van der Waals surface area contributed by atoms with E-state index in [-0.39, 0.29) is 16.6 Å². The Morgan fingerprint density at radius 3 is 2.17 bits per heavy atom. The van der Waals surface area contributed by atoms with Crippen LogP contribution < -0.4 is 9.08 Å². The fourth-order valence-corrected chi connectivity index (χ4v) is 5.10. The van der Waals surface area contributed by atoms with E-state index in [9.17, 15) is 13.2 Å². The number of thiocarbonyl (C=S) groups is 1. The summed E-state index contributed by atoms with van der Waals surface area (Å²) in [6.45, 7) is 0. The number of carbonyl (C=O) groups excluding carboxylic acids is 1. The summed E-state index contributed by atoms with van der Waals surface area (Å²) in [6, 6.07) is 23.7. The van der Waals surface area contributed by atoms with E-state index in [4.69, 9.17) is 16.4 Å². The maximum absolute atomic E-state index is 12.9. The van der Waals surface area contributed by atoms with Gasteiger partial charge in [0.2, 0.25) is 0 Å². The van der Waals surface area contributed by atoms with E-state index in [1.807, 2.05) is 18.2 Å². The number of rotatable bonds is 5. The van der Waals surface area contributed by atoms with Crippen LogP contribution in [0, 0.1) is 0 Å². The Kier molecular flexibility index (Phi) is 5.72. The van der Waals surface area contributed by atoms with Crippen LogP contribution in [0.5, 0.6) is 5.75 Å². The van der Waals surface area contributed by atoms with Gasteiger partial charge in [-0.25, -0.2) is 0 Å². The smallest absolute Gasteiger partial charge is 0.339 e. The summed E-state index contributed by atoms with van der Waals surface area (Å²) in [5.41, 5.74) is 1.14. The normalized spacial score (nSPS) is 15.6. The standard InChI is InChI=1S/C22H15NO4S3/c24-21-20(29-22(28)23(21)17-10-3-1-4-11-17)15-16-9-7-8-14-19(16)27-30(25,26)18-12-5-2-6-13-18/h1-15H/b20-15+. The highest BCUT2D eigenvalue weighted by molar-refractivity contribution is 8.27. The van der Waals surface area contributed by atoms with Crippen molar-refractivity contribution in [1.29, 1.82) is 0 Å². The first-order valence-corrected chi connectivity index (χ1v) is 11.5. The second-order valence-electron chi connectivity index (χ2n) is 6.24. The number of thioether (sulfide) groups is 1. The van der Waals surface area contributed by atoms with E-state index < -0.39 is 10.1 Å². The zero-order chi connectivity index (χ0) is 21.1. The van der Waals surface area contributed by atoms with Crippen LogP contribution in [0.2, 0.25) is 0 Å². The van der Waals surface area contributed by atoms with Gasteiger partial charge in [-0.15, -0.1) is 0 Å². The molecule has 0 aliphatic carbocycles. The van der Waals surface area contributed by atoms with Gasteiger partial charge in [-0.3, -0.25) is 9.69 Å². The van der Waals surface area contributed by atoms with E-state index in [2.05, 4.69) is 0 Å². The Bertz CT molecular complexity index is 1240. The van der Waals surface area contributed by atoms with Gasteiger partial charge in [0.05, 0.1) is 10.6 Å². The molecule has 0 radical (unpaired) electrons. The summed E-state index contributed by atoms with van der Waals surface area (Å²) in [5.74, 6) is -0.136. The summed E-state index contributed by atoms with van der Waals surface area (Å²) in [5, 5.41) is 0. The average molecular weight is 454 g/mol. The number of para-hydroxylation sites is 2. The Morgan fingerprint density at radius 2 is 1.47 bits per heavy atom. The summed E-state index contributed by atoms with van der Waals surface area (Å²) in [4.78, 5) is 14.8. The lowest BCUT2D eigenvalue weighted by Gasteiger charge is -2.14. The predicted octanol–water partition coefficient (Wildman–Crippen LogP) is 4.86. The second-order valence-corrected chi connectivity index (χ2v) is 9.46. The Morgan fingerprint density at radius 1 is 0.867 bits per heavy atom. The highest BCUT2D eigenvalue weighted by Crippen LogP contribution is 2.37. The Labute approximate surface area is 184 Å². The third-order valence-electron chi connectivity index (χ3n) is 4.25. The molecule has 0 spiro atoms. The molecule has 1 heterocycles. The third-order valence-corrected chi connectivity index (χ3v) is 6.80. The second kappa shape index (κ2) is 8.43. The molecule has 5 nitrogen and oxygen atoms in total. The van der Waals surface area contributed by atoms with Crippen LogP contribution in [-0.4, -0.2) is 18.6 Å².